The van der Waals surface area contributed by atoms with Gasteiger partial charge in [0.25, 0.3) is 5.91 Å². The Morgan fingerprint density at radius 1 is 0.933 bits per heavy atom. The summed E-state index contributed by atoms with van der Waals surface area (Å²) in [5.74, 6) is 0.500. The molecule has 0 unspecified atom stereocenters. The Morgan fingerprint density at radius 2 is 1.63 bits per heavy atom. The molecule has 0 aromatic heterocycles. The number of fused-ring (bicyclic) bond motifs is 1. The summed E-state index contributed by atoms with van der Waals surface area (Å²) >= 11 is 0. The molecule has 0 radical (unpaired) electrons. The summed E-state index contributed by atoms with van der Waals surface area (Å²) in [6.45, 7) is 1.67. The van der Waals surface area contributed by atoms with Gasteiger partial charge in [0, 0.05) is 13.6 Å². The van der Waals surface area contributed by atoms with E-state index >= 15 is 0 Å². The molecule has 0 saturated heterocycles. The first-order valence-electron chi connectivity index (χ1n) is 9.65. The summed E-state index contributed by atoms with van der Waals surface area (Å²) in [5, 5.41) is 2.13. The summed E-state index contributed by atoms with van der Waals surface area (Å²) in [5.41, 5.74) is 0.982. The molecule has 6 nitrogen and oxygen atoms in total. The molecule has 1 atom stereocenters. The van der Waals surface area contributed by atoms with Crippen molar-refractivity contribution < 1.29 is 23.8 Å². The van der Waals surface area contributed by atoms with Gasteiger partial charge in [0.2, 0.25) is 0 Å². The number of para-hydroxylation sites is 1. The lowest BCUT2D eigenvalue weighted by molar-refractivity contribution is -0.157. The van der Waals surface area contributed by atoms with Gasteiger partial charge in [0.05, 0.1) is 7.11 Å². The van der Waals surface area contributed by atoms with Gasteiger partial charge in [-0.2, -0.15) is 0 Å². The highest BCUT2D eigenvalue weighted by molar-refractivity contribution is 5.85. The van der Waals surface area contributed by atoms with E-state index in [-0.39, 0.29) is 12.5 Å². The molecular formula is C24H25NO5. The minimum Gasteiger partial charge on any atom is -0.497 e. The Balaban J connectivity index is 1.51. The summed E-state index contributed by atoms with van der Waals surface area (Å²) in [7, 11) is 3.32. The molecule has 0 aliphatic carbocycles. The quantitative estimate of drug-likeness (QED) is 0.531. The lowest BCUT2D eigenvalue weighted by atomic mass is 10.1. The first kappa shape index (κ1) is 21.2. The molecule has 6 heteroatoms. The van der Waals surface area contributed by atoms with Crippen LogP contribution >= 0.6 is 0 Å². The zero-order valence-corrected chi connectivity index (χ0v) is 17.3. The van der Waals surface area contributed by atoms with Gasteiger partial charge in [0.1, 0.15) is 11.5 Å². The van der Waals surface area contributed by atoms with E-state index in [1.807, 2.05) is 54.6 Å². The van der Waals surface area contributed by atoms with Crippen LogP contribution in [0, 0.1) is 0 Å². The van der Waals surface area contributed by atoms with Crippen LogP contribution in [0.3, 0.4) is 0 Å². The molecule has 3 aromatic carbocycles. The largest absolute Gasteiger partial charge is 0.497 e. The molecule has 0 aliphatic heterocycles. The highest BCUT2D eigenvalue weighted by Crippen LogP contribution is 2.22. The van der Waals surface area contributed by atoms with E-state index in [4.69, 9.17) is 14.2 Å². The lowest BCUT2D eigenvalue weighted by Crippen LogP contribution is -2.34. The fourth-order valence-electron chi connectivity index (χ4n) is 2.97. The Labute approximate surface area is 176 Å². The zero-order chi connectivity index (χ0) is 21.5. The average Bonchev–Trinajstić information content (AvgIpc) is 2.77. The molecule has 0 fully saturated rings. The van der Waals surface area contributed by atoms with Gasteiger partial charge < -0.3 is 19.1 Å². The van der Waals surface area contributed by atoms with Crippen molar-refractivity contribution in [3.05, 3.63) is 72.3 Å². The van der Waals surface area contributed by atoms with Crippen molar-refractivity contribution in [1.82, 2.24) is 4.90 Å². The first-order valence-corrected chi connectivity index (χ1v) is 9.65. The number of carbonyl (C=O) groups is 2. The van der Waals surface area contributed by atoms with Crippen LogP contribution < -0.4 is 9.47 Å². The number of carbonyl (C=O) groups excluding carboxylic acids is 2. The third-order valence-corrected chi connectivity index (χ3v) is 4.68. The predicted molar refractivity (Wildman–Crippen MR) is 114 cm³/mol. The van der Waals surface area contributed by atoms with Gasteiger partial charge in [-0.25, -0.2) is 4.79 Å². The van der Waals surface area contributed by atoms with Gasteiger partial charge in [-0.05, 0) is 53.6 Å². The maximum absolute atomic E-state index is 12.4. The second-order valence-electron chi connectivity index (χ2n) is 6.98. The molecule has 3 rings (SSSR count). The molecule has 0 bridgehead atoms. The van der Waals surface area contributed by atoms with Crippen molar-refractivity contribution in [3.63, 3.8) is 0 Å². The van der Waals surface area contributed by atoms with Gasteiger partial charge in [-0.1, -0.05) is 36.4 Å². The summed E-state index contributed by atoms with van der Waals surface area (Å²) in [6.07, 6.45) is -0.803. The third-order valence-electron chi connectivity index (χ3n) is 4.68. The highest BCUT2D eigenvalue weighted by atomic mass is 16.6. The normalized spacial score (nSPS) is 11.6. The van der Waals surface area contributed by atoms with Crippen molar-refractivity contribution in [3.8, 4) is 11.5 Å². The van der Waals surface area contributed by atoms with E-state index in [9.17, 15) is 9.59 Å². The molecule has 0 aliphatic rings. The van der Waals surface area contributed by atoms with Crippen LogP contribution in [0.1, 0.15) is 12.5 Å². The van der Waals surface area contributed by atoms with E-state index in [0.29, 0.717) is 12.3 Å². The van der Waals surface area contributed by atoms with E-state index < -0.39 is 12.1 Å². The van der Waals surface area contributed by atoms with E-state index in [2.05, 4.69) is 0 Å². The van der Waals surface area contributed by atoms with Crippen LogP contribution in [0.25, 0.3) is 10.8 Å². The topological polar surface area (TPSA) is 65.1 Å². The fraction of sp³-hybridized carbons (Fsp3) is 0.250. The van der Waals surface area contributed by atoms with Gasteiger partial charge in [-0.3, -0.25) is 4.79 Å². The number of rotatable bonds is 8. The number of hydrogen-bond acceptors (Lipinski definition) is 5. The molecule has 30 heavy (non-hydrogen) atoms. The SMILES string of the molecule is COc1ccc2cc(CN(C)C(=O)COC(=O)[C@@H](C)Oc3ccccc3)ccc2c1. The smallest absolute Gasteiger partial charge is 0.347 e. The van der Waals surface area contributed by atoms with Crippen molar-refractivity contribution in [2.24, 2.45) is 0 Å². The number of methoxy groups -OCH3 is 1. The number of likely N-dealkylation sites (N-methyl/N-ethyl adjacent to an activating group) is 1. The van der Waals surface area contributed by atoms with Crippen molar-refractivity contribution in [2.45, 2.75) is 19.6 Å². The number of amides is 1. The number of ether oxygens (including phenoxy) is 3. The standard InChI is InChI=1S/C24H25NO5/c1-17(30-21-7-5-4-6-8-21)24(27)29-16-23(26)25(2)15-18-9-10-20-14-22(28-3)12-11-19(20)13-18/h4-14,17H,15-16H2,1-3H3/t17-/m1/s1. The molecule has 156 valence electrons. The highest BCUT2D eigenvalue weighted by Gasteiger charge is 2.19. The van der Waals surface area contributed by atoms with E-state index in [0.717, 1.165) is 22.1 Å². The molecule has 0 N–H and O–H groups in total. The maximum Gasteiger partial charge on any atom is 0.347 e. The summed E-state index contributed by atoms with van der Waals surface area (Å²) in [4.78, 5) is 26.0. The summed E-state index contributed by atoms with van der Waals surface area (Å²) in [6, 6.07) is 20.8. The molecule has 0 heterocycles. The number of nitrogens with zero attached hydrogens (tertiary/aromatic N) is 1. The van der Waals surface area contributed by atoms with Crippen molar-refractivity contribution in [1.29, 1.82) is 0 Å². The number of esters is 1. The fourth-order valence-corrected chi connectivity index (χ4v) is 2.97. The first-order chi connectivity index (χ1) is 14.5. The predicted octanol–water partition coefficient (Wildman–Crippen LogP) is 3.82. The Kier molecular flexibility index (Phi) is 6.91. The molecule has 3 aromatic rings. The van der Waals surface area contributed by atoms with E-state index in [1.165, 1.54) is 4.90 Å². The number of benzene rings is 3. The molecular weight excluding hydrogens is 382 g/mol. The number of hydrogen-bond donors (Lipinski definition) is 0. The minimum absolute atomic E-state index is 0.287. The average molecular weight is 407 g/mol. The second-order valence-corrected chi connectivity index (χ2v) is 6.98. The lowest BCUT2D eigenvalue weighted by Gasteiger charge is -2.19. The van der Waals surface area contributed by atoms with Gasteiger partial charge in [0.15, 0.2) is 12.7 Å². The molecule has 0 spiro atoms. The summed E-state index contributed by atoms with van der Waals surface area (Å²) < 4.78 is 15.9. The van der Waals surface area contributed by atoms with Gasteiger partial charge >= 0.3 is 5.97 Å². The van der Waals surface area contributed by atoms with Gasteiger partial charge in [-0.15, -0.1) is 0 Å². The van der Waals surface area contributed by atoms with E-state index in [1.54, 1.807) is 33.2 Å². The van der Waals surface area contributed by atoms with Crippen LogP contribution in [0.15, 0.2) is 66.7 Å². The second kappa shape index (κ2) is 9.78. The van der Waals surface area contributed by atoms with Crippen LogP contribution in [0.5, 0.6) is 11.5 Å². The minimum atomic E-state index is -0.803. The Hall–Kier alpha value is -3.54. The molecule has 1 amide bonds. The third kappa shape index (κ3) is 5.50. The van der Waals surface area contributed by atoms with Crippen molar-refractivity contribution in [2.75, 3.05) is 20.8 Å². The Bertz CT molecular complexity index is 1020. The van der Waals surface area contributed by atoms with Crippen LogP contribution in [-0.2, 0) is 20.9 Å². The Morgan fingerprint density at radius 3 is 2.37 bits per heavy atom. The monoisotopic (exact) mass is 407 g/mol. The zero-order valence-electron chi connectivity index (χ0n) is 17.3. The maximum atomic E-state index is 12.4. The van der Waals surface area contributed by atoms with Crippen LogP contribution in [0.2, 0.25) is 0 Å². The molecule has 0 saturated carbocycles. The van der Waals surface area contributed by atoms with Crippen LogP contribution in [0.4, 0.5) is 0 Å². The van der Waals surface area contributed by atoms with Crippen LogP contribution in [-0.4, -0.2) is 43.6 Å². The van der Waals surface area contributed by atoms with Crippen molar-refractivity contribution >= 4 is 22.6 Å².